The van der Waals surface area contributed by atoms with Gasteiger partial charge in [-0.3, -0.25) is 4.79 Å². The van der Waals surface area contributed by atoms with Crippen molar-refractivity contribution in [1.82, 2.24) is 4.57 Å². The van der Waals surface area contributed by atoms with Crippen LogP contribution in [0.4, 0.5) is 0 Å². The van der Waals surface area contributed by atoms with Gasteiger partial charge in [0.25, 0.3) is 0 Å². The number of nitrogens with zero attached hydrogens (tertiary/aromatic N) is 1. The third-order valence-electron chi connectivity index (χ3n) is 5.17. The Kier molecular flexibility index (Phi) is 4.45. The molecule has 0 radical (unpaired) electrons. The van der Waals surface area contributed by atoms with Gasteiger partial charge in [-0.1, -0.05) is 60.7 Å². The standard InChI is InChI=1S/C21H20N2O3S/c22-27(25,26)21(16-9-5-2-6-10-16)17-13-14-23-18(17)11-12-19(23)20(24)15-7-3-1-4-8-15/h1-12,17,21H,13-14H2,(H2,22,25,26). The molecule has 6 heteroatoms. The molecule has 5 nitrogen and oxygen atoms in total. The molecule has 4 rings (SSSR count). The predicted octanol–water partition coefficient (Wildman–Crippen LogP) is 3.24. The molecule has 1 aliphatic rings. The summed E-state index contributed by atoms with van der Waals surface area (Å²) in [5, 5.41) is 4.78. The number of nitrogens with two attached hydrogens (primary N) is 1. The van der Waals surface area contributed by atoms with E-state index in [2.05, 4.69) is 0 Å². The van der Waals surface area contributed by atoms with Crippen LogP contribution in [0.2, 0.25) is 0 Å². The van der Waals surface area contributed by atoms with Gasteiger partial charge in [-0.2, -0.15) is 0 Å². The zero-order valence-corrected chi connectivity index (χ0v) is 15.5. The monoisotopic (exact) mass is 380 g/mol. The average Bonchev–Trinajstić information content (AvgIpc) is 3.25. The van der Waals surface area contributed by atoms with Gasteiger partial charge in [0.1, 0.15) is 5.25 Å². The number of fused-ring (bicyclic) bond motifs is 1. The minimum absolute atomic E-state index is 0.0608. The summed E-state index contributed by atoms with van der Waals surface area (Å²) in [6, 6.07) is 21.8. The molecule has 0 bridgehead atoms. The van der Waals surface area contributed by atoms with Crippen LogP contribution in [0.5, 0.6) is 0 Å². The van der Waals surface area contributed by atoms with Crippen LogP contribution in [0.3, 0.4) is 0 Å². The van der Waals surface area contributed by atoms with Crippen molar-refractivity contribution >= 4 is 15.8 Å². The molecule has 2 heterocycles. The van der Waals surface area contributed by atoms with Crippen LogP contribution in [0.1, 0.15) is 44.9 Å². The Morgan fingerprint density at radius 1 is 0.963 bits per heavy atom. The topological polar surface area (TPSA) is 82.2 Å². The second-order valence-electron chi connectivity index (χ2n) is 6.81. The number of carbonyl (C=O) groups is 1. The summed E-state index contributed by atoms with van der Waals surface area (Å²) in [6.45, 7) is 0.597. The summed E-state index contributed by atoms with van der Waals surface area (Å²) in [5.74, 6) is -0.339. The highest BCUT2D eigenvalue weighted by Crippen LogP contribution is 2.43. The molecule has 2 aromatic carbocycles. The Morgan fingerprint density at radius 3 is 2.22 bits per heavy atom. The van der Waals surface area contributed by atoms with Crippen molar-refractivity contribution in [2.24, 2.45) is 5.14 Å². The maximum atomic E-state index is 12.8. The number of ketones is 1. The first kappa shape index (κ1) is 17.7. The fourth-order valence-corrected chi connectivity index (χ4v) is 5.28. The zero-order chi connectivity index (χ0) is 19.0. The van der Waals surface area contributed by atoms with Gasteiger partial charge in [-0.15, -0.1) is 0 Å². The Bertz CT molecular complexity index is 1070. The molecule has 138 valence electrons. The highest BCUT2D eigenvalue weighted by molar-refractivity contribution is 7.89. The number of sulfonamides is 1. The largest absolute Gasteiger partial charge is 0.342 e. The van der Waals surface area contributed by atoms with Gasteiger partial charge < -0.3 is 4.57 Å². The van der Waals surface area contributed by atoms with Crippen LogP contribution >= 0.6 is 0 Å². The van der Waals surface area contributed by atoms with Crippen molar-refractivity contribution in [1.29, 1.82) is 0 Å². The van der Waals surface area contributed by atoms with E-state index in [9.17, 15) is 13.2 Å². The van der Waals surface area contributed by atoms with Crippen molar-refractivity contribution in [3.63, 3.8) is 0 Å². The molecule has 3 aromatic rings. The van der Waals surface area contributed by atoms with E-state index in [0.717, 1.165) is 5.69 Å². The lowest BCUT2D eigenvalue weighted by atomic mass is 9.95. The summed E-state index contributed by atoms with van der Waals surface area (Å²) in [5.41, 5.74) is 2.72. The first-order valence-electron chi connectivity index (χ1n) is 8.82. The lowest BCUT2D eigenvalue weighted by Crippen LogP contribution is -2.26. The molecule has 0 spiro atoms. The second-order valence-corrected chi connectivity index (χ2v) is 8.49. The van der Waals surface area contributed by atoms with E-state index < -0.39 is 15.3 Å². The van der Waals surface area contributed by atoms with Gasteiger partial charge in [-0.05, 0) is 24.1 Å². The zero-order valence-electron chi connectivity index (χ0n) is 14.7. The number of primary sulfonamides is 1. The normalized spacial score (nSPS) is 17.4. The van der Waals surface area contributed by atoms with Crippen LogP contribution in [0.15, 0.2) is 72.8 Å². The van der Waals surface area contributed by atoms with Crippen molar-refractivity contribution in [3.8, 4) is 0 Å². The number of hydrogen-bond donors (Lipinski definition) is 1. The molecule has 2 N–H and O–H groups in total. The molecule has 1 aromatic heterocycles. The fourth-order valence-electron chi connectivity index (χ4n) is 4.01. The summed E-state index contributed by atoms with van der Waals surface area (Å²) in [4.78, 5) is 12.8. The van der Waals surface area contributed by atoms with Gasteiger partial charge in [0.2, 0.25) is 15.8 Å². The van der Waals surface area contributed by atoms with Gasteiger partial charge in [0.15, 0.2) is 0 Å². The van der Waals surface area contributed by atoms with Crippen LogP contribution in [0.25, 0.3) is 0 Å². The lowest BCUT2D eigenvalue weighted by Gasteiger charge is -2.21. The van der Waals surface area contributed by atoms with Crippen LogP contribution in [-0.2, 0) is 16.6 Å². The van der Waals surface area contributed by atoms with Crippen molar-refractivity contribution in [2.75, 3.05) is 0 Å². The molecule has 0 saturated carbocycles. The predicted molar refractivity (Wildman–Crippen MR) is 104 cm³/mol. The molecule has 0 aliphatic carbocycles. The fraction of sp³-hybridized carbons (Fsp3) is 0.190. The van der Waals surface area contributed by atoms with E-state index in [1.54, 1.807) is 30.3 Å². The summed E-state index contributed by atoms with van der Waals surface area (Å²) < 4.78 is 26.7. The van der Waals surface area contributed by atoms with E-state index in [0.29, 0.717) is 29.8 Å². The maximum Gasteiger partial charge on any atom is 0.216 e. The number of hydrogen-bond acceptors (Lipinski definition) is 3. The quantitative estimate of drug-likeness (QED) is 0.690. The molecule has 0 saturated heterocycles. The first-order valence-corrected chi connectivity index (χ1v) is 10.4. The number of aromatic nitrogens is 1. The van der Waals surface area contributed by atoms with Crippen molar-refractivity contribution in [2.45, 2.75) is 24.1 Å². The van der Waals surface area contributed by atoms with Gasteiger partial charge in [0, 0.05) is 23.7 Å². The van der Waals surface area contributed by atoms with E-state index >= 15 is 0 Å². The Labute approximate surface area is 158 Å². The smallest absolute Gasteiger partial charge is 0.216 e. The molecule has 0 amide bonds. The highest BCUT2D eigenvalue weighted by atomic mass is 32.2. The average molecular weight is 380 g/mol. The third-order valence-corrected chi connectivity index (χ3v) is 6.48. The van der Waals surface area contributed by atoms with Gasteiger partial charge in [0.05, 0.1) is 5.69 Å². The summed E-state index contributed by atoms with van der Waals surface area (Å²) in [6.07, 6.45) is 0.626. The Morgan fingerprint density at radius 2 is 1.59 bits per heavy atom. The highest BCUT2D eigenvalue weighted by Gasteiger charge is 2.39. The number of benzene rings is 2. The minimum Gasteiger partial charge on any atom is -0.342 e. The molecular formula is C21H20N2O3S. The number of rotatable bonds is 5. The van der Waals surface area contributed by atoms with E-state index in [-0.39, 0.29) is 11.7 Å². The van der Waals surface area contributed by atoms with Gasteiger partial charge >= 0.3 is 0 Å². The van der Waals surface area contributed by atoms with E-state index in [1.165, 1.54) is 0 Å². The molecule has 1 aliphatic heterocycles. The van der Waals surface area contributed by atoms with Crippen molar-refractivity contribution in [3.05, 3.63) is 95.3 Å². The van der Waals surface area contributed by atoms with E-state index in [1.807, 2.05) is 47.0 Å². The van der Waals surface area contributed by atoms with Gasteiger partial charge in [-0.25, -0.2) is 13.6 Å². The molecule has 2 atom stereocenters. The molecule has 0 fully saturated rings. The second kappa shape index (κ2) is 6.79. The van der Waals surface area contributed by atoms with Crippen molar-refractivity contribution < 1.29 is 13.2 Å². The Balaban J connectivity index is 1.74. The molecule has 2 unspecified atom stereocenters. The maximum absolute atomic E-state index is 12.8. The third kappa shape index (κ3) is 3.22. The van der Waals surface area contributed by atoms with E-state index in [4.69, 9.17) is 5.14 Å². The van der Waals surface area contributed by atoms with Crippen LogP contribution in [0, 0.1) is 0 Å². The molecular weight excluding hydrogens is 360 g/mol. The minimum atomic E-state index is -3.81. The Hall–Kier alpha value is -2.70. The lowest BCUT2D eigenvalue weighted by molar-refractivity contribution is 0.103. The van der Waals surface area contributed by atoms with Crippen LogP contribution < -0.4 is 5.14 Å². The summed E-state index contributed by atoms with van der Waals surface area (Å²) >= 11 is 0. The molecule has 27 heavy (non-hydrogen) atoms. The number of carbonyl (C=O) groups excluding carboxylic acids is 1. The SMILES string of the molecule is NS(=O)(=O)C(c1ccccc1)C1CCn2c(C(=O)c3ccccc3)ccc21. The first-order chi connectivity index (χ1) is 13.0. The van der Waals surface area contributed by atoms with Crippen LogP contribution in [-0.4, -0.2) is 18.8 Å². The summed E-state index contributed by atoms with van der Waals surface area (Å²) in [7, 11) is -3.81.